The van der Waals surface area contributed by atoms with Gasteiger partial charge in [-0.05, 0) is 30.8 Å². The molecule has 1 aromatic carbocycles. The fourth-order valence-electron chi connectivity index (χ4n) is 1.65. The lowest BCUT2D eigenvalue weighted by molar-refractivity contribution is -0.142. The first-order valence-electron chi connectivity index (χ1n) is 6.09. The van der Waals surface area contributed by atoms with Crippen molar-refractivity contribution in [3.8, 4) is 11.8 Å². The molecule has 0 aromatic heterocycles. The number of esters is 1. The Morgan fingerprint density at radius 2 is 2.04 bits per heavy atom. The molecule has 0 aliphatic heterocycles. The fourth-order valence-corrected chi connectivity index (χ4v) is 2.26. The average molecular weight is 355 g/mol. The van der Waals surface area contributed by atoms with E-state index in [9.17, 15) is 26.7 Å². The smallest absolute Gasteiger partial charge is 0.446 e. The Balaban J connectivity index is 3.30. The molecule has 0 N–H and O–H groups in total. The van der Waals surface area contributed by atoms with Crippen LogP contribution in [0.4, 0.5) is 22.0 Å². The van der Waals surface area contributed by atoms with Crippen LogP contribution in [0.1, 0.15) is 18.1 Å². The molecule has 10 heteroatoms. The summed E-state index contributed by atoms with van der Waals surface area (Å²) in [6.45, 7) is -1.79. The molecule has 126 valence electrons. The number of thioether (sulfide) groups is 1. The predicted octanol–water partition coefficient (Wildman–Crippen LogP) is 3.88. The third-order valence-electron chi connectivity index (χ3n) is 2.38. The van der Waals surface area contributed by atoms with Gasteiger partial charge in [-0.25, -0.2) is 0 Å². The van der Waals surface area contributed by atoms with E-state index in [1.807, 2.05) is 0 Å². The molecule has 4 nitrogen and oxygen atoms in total. The molecule has 0 fully saturated rings. The maximum atomic E-state index is 12.4. The van der Waals surface area contributed by atoms with Crippen LogP contribution >= 0.6 is 11.8 Å². The minimum atomic E-state index is -4.67. The molecule has 1 aromatic rings. The topological polar surface area (TPSA) is 59.3 Å². The van der Waals surface area contributed by atoms with Crippen LogP contribution in [0.15, 0.2) is 17.0 Å². The van der Waals surface area contributed by atoms with E-state index >= 15 is 0 Å². The lowest BCUT2D eigenvalue weighted by atomic mass is 10.0. The van der Waals surface area contributed by atoms with E-state index in [4.69, 9.17) is 5.26 Å². The van der Waals surface area contributed by atoms with Crippen molar-refractivity contribution in [2.24, 2.45) is 0 Å². The number of benzene rings is 1. The van der Waals surface area contributed by atoms with Gasteiger partial charge in [-0.3, -0.25) is 4.79 Å². The molecule has 0 amide bonds. The first kappa shape index (κ1) is 19.0. The van der Waals surface area contributed by atoms with E-state index in [1.54, 1.807) is 6.07 Å². The molecule has 0 saturated heterocycles. The number of carbonyl (C=O) groups excluding carboxylic acids is 1. The van der Waals surface area contributed by atoms with E-state index in [0.29, 0.717) is 6.07 Å². The minimum Gasteiger partial charge on any atom is -0.466 e. The van der Waals surface area contributed by atoms with Gasteiger partial charge in [0.2, 0.25) is 0 Å². The quantitative estimate of drug-likeness (QED) is 0.440. The molecule has 0 spiro atoms. The number of ether oxygens (including phenoxy) is 2. The van der Waals surface area contributed by atoms with E-state index in [2.05, 4.69) is 9.47 Å². The average Bonchev–Trinajstić information content (AvgIpc) is 2.39. The second-order valence-electron chi connectivity index (χ2n) is 3.97. The molecule has 0 heterocycles. The minimum absolute atomic E-state index is 0.0216. The third-order valence-corrected chi connectivity index (χ3v) is 3.08. The van der Waals surface area contributed by atoms with Crippen LogP contribution in [0.25, 0.3) is 0 Å². The summed E-state index contributed by atoms with van der Waals surface area (Å²) in [6.07, 6.45) is -0.574. The molecule has 1 rings (SSSR count). The van der Waals surface area contributed by atoms with Crippen LogP contribution < -0.4 is 4.74 Å². The van der Waals surface area contributed by atoms with Crippen LogP contribution in [0.5, 0.6) is 5.75 Å². The summed E-state index contributed by atoms with van der Waals surface area (Å²) in [7, 11) is 0. The van der Waals surface area contributed by atoms with E-state index in [1.165, 1.54) is 6.92 Å². The van der Waals surface area contributed by atoms with Gasteiger partial charge in [0.15, 0.2) is 0 Å². The molecule has 0 saturated carbocycles. The fraction of sp³-hybridized carbons (Fsp3) is 0.385. The standard InChI is InChI=1S/C13H10F5NO3S/c1-2-21-11(20)5-9-7(6-19)3-8(23-13(16,17)18)4-10(9)22-12(14)15/h3-4,12H,2,5H2,1H3. The summed E-state index contributed by atoms with van der Waals surface area (Å²) in [5.74, 6) is -1.49. The first-order chi connectivity index (χ1) is 10.7. The number of hydrogen-bond acceptors (Lipinski definition) is 5. The molecule has 0 bridgehead atoms. The monoisotopic (exact) mass is 355 g/mol. The highest BCUT2D eigenvalue weighted by Crippen LogP contribution is 2.40. The highest BCUT2D eigenvalue weighted by molar-refractivity contribution is 8.00. The molecule has 23 heavy (non-hydrogen) atoms. The summed E-state index contributed by atoms with van der Waals surface area (Å²) >= 11 is -0.583. The Bertz CT molecular complexity index is 613. The second-order valence-corrected chi connectivity index (χ2v) is 5.11. The maximum Gasteiger partial charge on any atom is 0.446 e. The van der Waals surface area contributed by atoms with Crippen molar-refractivity contribution < 1.29 is 36.2 Å². The summed E-state index contributed by atoms with van der Waals surface area (Å²) in [6, 6.07) is 3.13. The molecule has 0 radical (unpaired) electrons. The largest absolute Gasteiger partial charge is 0.466 e. The Morgan fingerprint density at radius 1 is 1.39 bits per heavy atom. The molecule has 0 atom stereocenters. The van der Waals surface area contributed by atoms with Gasteiger partial charge in [0.25, 0.3) is 0 Å². The number of carbonyl (C=O) groups is 1. The van der Waals surface area contributed by atoms with Crippen molar-refractivity contribution in [1.29, 1.82) is 5.26 Å². The van der Waals surface area contributed by atoms with Gasteiger partial charge in [0.05, 0.1) is 24.7 Å². The molecular formula is C13H10F5NO3S. The van der Waals surface area contributed by atoms with Gasteiger partial charge in [-0.2, -0.15) is 27.2 Å². The van der Waals surface area contributed by atoms with Gasteiger partial charge in [0, 0.05) is 10.5 Å². The summed E-state index contributed by atoms with van der Waals surface area (Å²) in [5.41, 5.74) is -5.29. The van der Waals surface area contributed by atoms with Gasteiger partial charge in [-0.1, -0.05) is 0 Å². The van der Waals surface area contributed by atoms with Crippen LogP contribution in [0, 0.1) is 11.3 Å². The van der Waals surface area contributed by atoms with Crippen LogP contribution in [-0.4, -0.2) is 24.7 Å². The van der Waals surface area contributed by atoms with Crippen molar-refractivity contribution in [2.45, 2.75) is 30.4 Å². The number of halogens is 5. The molecule has 0 aliphatic carbocycles. The van der Waals surface area contributed by atoms with E-state index in [-0.39, 0.29) is 17.7 Å². The Hall–Kier alpha value is -2.02. The Morgan fingerprint density at radius 3 is 2.52 bits per heavy atom. The molecule has 0 aliphatic rings. The van der Waals surface area contributed by atoms with Crippen molar-refractivity contribution >= 4 is 17.7 Å². The first-order valence-corrected chi connectivity index (χ1v) is 6.91. The zero-order chi connectivity index (χ0) is 17.6. The molecule has 0 unspecified atom stereocenters. The van der Waals surface area contributed by atoms with Crippen LogP contribution in [-0.2, 0) is 16.0 Å². The van der Waals surface area contributed by atoms with Crippen LogP contribution in [0.2, 0.25) is 0 Å². The van der Waals surface area contributed by atoms with Crippen molar-refractivity contribution in [3.63, 3.8) is 0 Å². The number of nitrogens with zero attached hydrogens (tertiary/aromatic N) is 1. The zero-order valence-electron chi connectivity index (χ0n) is 11.6. The van der Waals surface area contributed by atoms with E-state index < -0.39 is 46.9 Å². The van der Waals surface area contributed by atoms with Gasteiger partial charge in [0.1, 0.15) is 5.75 Å². The predicted molar refractivity (Wildman–Crippen MR) is 70.0 cm³/mol. The maximum absolute atomic E-state index is 12.4. The van der Waals surface area contributed by atoms with Gasteiger partial charge >= 0.3 is 18.1 Å². The SMILES string of the molecule is CCOC(=O)Cc1c(C#N)cc(SC(F)(F)F)cc1OC(F)F. The third kappa shape index (κ3) is 6.32. The Labute approximate surface area is 132 Å². The highest BCUT2D eigenvalue weighted by atomic mass is 32.2. The van der Waals surface area contributed by atoms with E-state index in [0.717, 1.165) is 6.07 Å². The highest BCUT2D eigenvalue weighted by Gasteiger charge is 2.30. The van der Waals surface area contributed by atoms with Crippen molar-refractivity contribution in [2.75, 3.05) is 6.61 Å². The van der Waals surface area contributed by atoms with Crippen LogP contribution in [0.3, 0.4) is 0 Å². The number of alkyl halides is 5. The summed E-state index contributed by atoms with van der Waals surface area (Å²) in [5, 5.41) is 9.01. The normalized spacial score (nSPS) is 11.2. The Kier molecular flexibility index (Phi) is 6.62. The lowest BCUT2D eigenvalue weighted by Gasteiger charge is -2.14. The van der Waals surface area contributed by atoms with Crippen molar-refractivity contribution in [1.82, 2.24) is 0 Å². The van der Waals surface area contributed by atoms with Crippen molar-refractivity contribution in [3.05, 3.63) is 23.3 Å². The van der Waals surface area contributed by atoms with Gasteiger partial charge in [-0.15, -0.1) is 0 Å². The lowest BCUT2D eigenvalue weighted by Crippen LogP contribution is -2.12. The summed E-state index contributed by atoms with van der Waals surface area (Å²) < 4.78 is 70.9. The van der Waals surface area contributed by atoms with Gasteiger partial charge < -0.3 is 9.47 Å². The summed E-state index contributed by atoms with van der Waals surface area (Å²) in [4.78, 5) is 11.0. The number of hydrogen-bond donors (Lipinski definition) is 0. The number of nitriles is 1. The zero-order valence-corrected chi connectivity index (χ0v) is 12.4. The number of rotatable bonds is 6. The molecular weight excluding hydrogens is 345 g/mol. The second kappa shape index (κ2) is 8.01.